The fourth-order valence-electron chi connectivity index (χ4n) is 2.22. The van der Waals surface area contributed by atoms with Crippen LogP contribution in [-0.2, 0) is 11.3 Å². The Morgan fingerprint density at radius 2 is 2.10 bits per heavy atom. The highest BCUT2D eigenvalue weighted by Crippen LogP contribution is 2.12. The van der Waals surface area contributed by atoms with Crippen molar-refractivity contribution in [2.24, 2.45) is 5.92 Å². The van der Waals surface area contributed by atoms with Gasteiger partial charge in [-0.2, -0.15) is 0 Å². The molecular formula is C15H27N3O2. The van der Waals surface area contributed by atoms with Crippen molar-refractivity contribution < 1.29 is 9.90 Å². The molecule has 0 spiro atoms. The number of rotatable bonds is 8. The molecule has 5 heteroatoms. The summed E-state index contributed by atoms with van der Waals surface area (Å²) in [4.78, 5) is 16.3. The molecule has 0 bridgehead atoms. The van der Waals surface area contributed by atoms with Crippen molar-refractivity contribution in [3.05, 3.63) is 18.2 Å². The van der Waals surface area contributed by atoms with Crippen LogP contribution in [0.2, 0.25) is 0 Å². The third-order valence-corrected chi connectivity index (χ3v) is 3.44. The molecule has 0 fully saturated rings. The van der Waals surface area contributed by atoms with Gasteiger partial charge in [-0.15, -0.1) is 0 Å². The number of aliphatic hydroxyl groups excluding tert-OH is 1. The van der Waals surface area contributed by atoms with Gasteiger partial charge in [0.05, 0.1) is 0 Å². The van der Waals surface area contributed by atoms with Gasteiger partial charge in [0, 0.05) is 43.9 Å². The summed E-state index contributed by atoms with van der Waals surface area (Å²) in [6.07, 6.45) is 4.72. The number of aliphatic hydroxyl groups is 1. The maximum atomic E-state index is 12.0. The van der Waals surface area contributed by atoms with Crippen LogP contribution in [0.25, 0.3) is 0 Å². The van der Waals surface area contributed by atoms with E-state index in [1.807, 2.05) is 24.6 Å². The summed E-state index contributed by atoms with van der Waals surface area (Å²) in [6.45, 7) is 9.02. The molecule has 0 aromatic carbocycles. The molecule has 1 aromatic heterocycles. The average molecular weight is 281 g/mol. The Morgan fingerprint density at radius 1 is 1.40 bits per heavy atom. The summed E-state index contributed by atoms with van der Waals surface area (Å²) in [5.41, 5.74) is 0. The van der Waals surface area contributed by atoms with Crippen LogP contribution in [0, 0.1) is 5.92 Å². The van der Waals surface area contributed by atoms with Crippen molar-refractivity contribution >= 4 is 5.91 Å². The molecule has 1 rings (SSSR count). The maximum Gasteiger partial charge on any atom is 0.222 e. The first-order valence-electron chi connectivity index (χ1n) is 7.37. The first-order valence-corrected chi connectivity index (χ1v) is 7.37. The van der Waals surface area contributed by atoms with Crippen LogP contribution < -0.4 is 5.32 Å². The average Bonchev–Trinajstić information content (AvgIpc) is 2.84. The lowest BCUT2D eigenvalue weighted by Gasteiger charge is -2.21. The zero-order valence-electron chi connectivity index (χ0n) is 13.0. The lowest BCUT2D eigenvalue weighted by molar-refractivity contribution is -0.122. The Kier molecular flexibility index (Phi) is 6.71. The van der Waals surface area contributed by atoms with Gasteiger partial charge in [-0.3, -0.25) is 4.79 Å². The number of imidazole rings is 1. The fraction of sp³-hybridized carbons (Fsp3) is 0.733. The standard InChI is InChI=1S/C15H27N3O2/c1-11(2)13(6-10-19)17-14(20)5-8-18-9-7-16-15(18)12(3)4/h7,9,11-13,19H,5-6,8,10H2,1-4H3,(H,17,20). The lowest BCUT2D eigenvalue weighted by atomic mass is 10.0. The quantitative estimate of drug-likeness (QED) is 0.765. The summed E-state index contributed by atoms with van der Waals surface area (Å²) in [7, 11) is 0. The number of carbonyl (C=O) groups is 1. The summed E-state index contributed by atoms with van der Waals surface area (Å²) >= 11 is 0. The van der Waals surface area contributed by atoms with Gasteiger partial charge in [0.2, 0.25) is 5.91 Å². The summed E-state index contributed by atoms with van der Waals surface area (Å²) < 4.78 is 2.03. The van der Waals surface area contributed by atoms with Gasteiger partial charge in [-0.05, 0) is 12.3 Å². The zero-order valence-corrected chi connectivity index (χ0v) is 13.0. The Morgan fingerprint density at radius 3 is 2.65 bits per heavy atom. The predicted octanol–water partition coefficient (Wildman–Crippen LogP) is 1.92. The molecule has 114 valence electrons. The first kappa shape index (κ1) is 16.7. The van der Waals surface area contributed by atoms with E-state index in [-0.39, 0.29) is 18.6 Å². The molecule has 1 atom stereocenters. The molecule has 1 unspecified atom stereocenters. The minimum atomic E-state index is 0.0283. The second kappa shape index (κ2) is 8.04. The van der Waals surface area contributed by atoms with Gasteiger partial charge in [-0.25, -0.2) is 4.98 Å². The number of nitrogens with zero attached hydrogens (tertiary/aromatic N) is 2. The molecular weight excluding hydrogens is 254 g/mol. The molecule has 0 aliphatic rings. The van der Waals surface area contributed by atoms with E-state index in [1.54, 1.807) is 6.20 Å². The van der Waals surface area contributed by atoms with Crippen LogP contribution in [0.1, 0.15) is 52.3 Å². The molecule has 5 nitrogen and oxygen atoms in total. The van der Waals surface area contributed by atoms with E-state index < -0.39 is 0 Å². The number of hydrogen-bond acceptors (Lipinski definition) is 3. The number of amides is 1. The van der Waals surface area contributed by atoms with Crippen molar-refractivity contribution in [1.29, 1.82) is 0 Å². The van der Waals surface area contributed by atoms with Gasteiger partial charge in [0.15, 0.2) is 0 Å². The SMILES string of the molecule is CC(C)c1nccn1CCC(=O)NC(CCO)C(C)C. The normalized spacial score (nSPS) is 12.9. The Balaban J connectivity index is 2.48. The van der Waals surface area contributed by atoms with E-state index in [0.29, 0.717) is 31.2 Å². The molecule has 2 N–H and O–H groups in total. The summed E-state index contributed by atoms with van der Waals surface area (Å²) in [6, 6.07) is 0.0415. The van der Waals surface area contributed by atoms with Crippen LogP contribution in [0.5, 0.6) is 0 Å². The molecule has 0 saturated carbocycles. The van der Waals surface area contributed by atoms with Gasteiger partial charge in [-0.1, -0.05) is 27.7 Å². The van der Waals surface area contributed by atoms with E-state index in [1.165, 1.54) is 0 Å². The van der Waals surface area contributed by atoms with Crippen LogP contribution >= 0.6 is 0 Å². The zero-order chi connectivity index (χ0) is 15.1. The van der Waals surface area contributed by atoms with E-state index in [2.05, 4.69) is 24.1 Å². The van der Waals surface area contributed by atoms with Gasteiger partial charge < -0.3 is 15.0 Å². The van der Waals surface area contributed by atoms with Crippen molar-refractivity contribution in [3.63, 3.8) is 0 Å². The number of aryl methyl sites for hydroxylation is 1. The Labute approximate surface area is 121 Å². The minimum absolute atomic E-state index is 0.0283. The van der Waals surface area contributed by atoms with E-state index in [0.717, 1.165) is 5.82 Å². The molecule has 0 aliphatic heterocycles. The van der Waals surface area contributed by atoms with Gasteiger partial charge in [0.25, 0.3) is 0 Å². The van der Waals surface area contributed by atoms with E-state index in [9.17, 15) is 4.79 Å². The second-order valence-electron chi connectivity index (χ2n) is 5.81. The van der Waals surface area contributed by atoms with Crippen LogP contribution in [-0.4, -0.2) is 33.2 Å². The summed E-state index contributed by atoms with van der Waals surface area (Å²) in [5.74, 6) is 1.71. The number of aromatic nitrogens is 2. The highest BCUT2D eigenvalue weighted by molar-refractivity contribution is 5.76. The number of hydrogen-bond donors (Lipinski definition) is 2. The molecule has 0 aliphatic carbocycles. The van der Waals surface area contributed by atoms with Gasteiger partial charge >= 0.3 is 0 Å². The van der Waals surface area contributed by atoms with Crippen molar-refractivity contribution in [3.8, 4) is 0 Å². The van der Waals surface area contributed by atoms with E-state index in [4.69, 9.17) is 5.11 Å². The highest BCUT2D eigenvalue weighted by Gasteiger charge is 2.16. The minimum Gasteiger partial charge on any atom is -0.396 e. The highest BCUT2D eigenvalue weighted by atomic mass is 16.3. The predicted molar refractivity (Wildman–Crippen MR) is 79.4 cm³/mol. The van der Waals surface area contributed by atoms with Gasteiger partial charge in [0.1, 0.15) is 5.82 Å². The molecule has 1 heterocycles. The van der Waals surface area contributed by atoms with Crippen LogP contribution in [0.15, 0.2) is 12.4 Å². The molecule has 1 aromatic rings. The lowest BCUT2D eigenvalue weighted by Crippen LogP contribution is -2.39. The second-order valence-corrected chi connectivity index (χ2v) is 5.81. The maximum absolute atomic E-state index is 12.0. The van der Waals surface area contributed by atoms with Crippen molar-refractivity contribution in [2.75, 3.05) is 6.61 Å². The van der Waals surface area contributed by atoms with Crippen molar-refractivity contribution in [1.82, 2.24) is 14.9 Å². The number of nitrogens with one attached hydrogen (secondary N) is 1. The number of carbonyl (C=O) groups excluding carboxylic acids is 1. The largest absolute Gasteiger partial charge is 0.396 e. The third-order valence-electron chi connectivity index (χ3n) is 3.44. The fourth-order valence-corrected chi connectivity index (χ4v) is 2.22. The topological polar surface area (TPSA) is 67.2 Å². The first-order chi connectivity index (χ1) is 9.45. The smallest absolute Gasteiger partial charge is 0.222 e. The Hall–Kier alpha value is -1.36. The molecule has 0 radical (unpaired) electrons. The van der Waals surface area contributed by atoms with E-state index >= 15 is 0 Å². The van der Waals surface area contributed by atoms with Crippen LogP contribution in [0.3, 0.4) is 0 Å². The monoisotopic (exact) mass is 281 g/mol. The summed E-state index contributed by atoms with van der Waals surface area (Å²) in [5, 5.41) is 12.0. The third kappa shape index (κ3) is 4.96. The molecule has 20 heavy (non-hydrogen) atoms. The molecule has 0 saturated heterocycles. The Bertz CT molecular complexity index is 413. The van der Waals surface area contributed by atoms with Crippen molar-refractivity contribution in [2.45, 2.75) is 59.0 Å². The van der Waals surface area contributed by atoms with Crippen LogP contribution in [0.4, 0.5) is 0 Å². The molecule has 1 amide bonds.